The van der Waals surface area contributed by atoms with Crippen molar-refractivity contribution in [2.75, 3.05) is 18.5 Å². The molecule has 1 heterocycles. The summed E-state index contributed by atoms with van der Waals surface area (Å²) in [6.07, 6.45) is 1.69. The molecule has 1 aliphatic rings. The number of anilines is 1. The molecule has 4 aromatic carbocycles. The van der Waals surface area contributed by atoms with Crippen LogP contribution in [0.25, 0.3) is 16.8 Å². The minimum atomic E-state index is -0.339. The third kappa shape index (κ3) is 6.74. The van der Waals surface area contributed by atoms with Gasteiger partial charge in [0.2, 0.25) is 0 Å². The monoisotopic (exact) mass is 678 g/mol. The summed E-state index contributed by atoms with van der Waals surface area (Å²) in [5.41, 5.74) is 3.39. The van der Waals surface area contributed by atoms with E-state index in [9.17, 15) is 14.4 Å². The van der Waals surface area contributed by atoms with Crippen LogP contribution in [-0.4, -0.2) is 35.2 Å². The summed E-state index contributed by atoms with van der Waals surface area (Å²) in [5, 5.41) is 4.57. The van der Waals surface area contributed by atoms with Gasteiger partial charge in [-0.3, -0.25) is 19.3 Å². The molecule has 0 atom stereocenters. The van der Waals surface area contributed by atoms with Crippen LogP contribution in [0.5, 0.6) is 11.5 Å². The molecule has 41 heavy (non-hydrogen) atoms. The first-order valence-electron chi connectivity index (χ1n) is 13.0. The molecule has 9 heteroatoms. The molecule has 1 N–H and O–H groups in total. The fraction of sp³-hybridized carbons (Fsp3) is 0.156. The molecule has 0 radical (unpaired) electrons. The number of nitrogens with one attached hydrogen (secondary N) is 1. The van der Waals surface area contributed by atoms with Gasteiger partial charge in [0.15, 0.2) is 18.1 Å². The predicted molar refractivity (Wildman–Crippen MR) is 171 cm³/mol. The Kier molecular flexibility index (Phi) is 8.94. The second kappa shape index (κ2) is 12.8. The Labute approximate surface area is 256 Å². The summed E-state index contributed by atoms with van der Waals surface area (Å²) in [7, 11) is 0. The minimum absolute atomic E-state index is 0.197. The van der Waals surface area contributed by atoms with Crippen LogP contribution < -0.4 is 14.8 Å². The number of ether oxygens (including phenoxy) is 2. The van der Waals surface area contributed by atoms with Crippen molar-refractivity contribution in [2.24, 2.45) is 0 Å². The van der Waals surface area contributed by atoms with Crippen molar-refractivity contribution in [3.05, 3.63) is 104 Å². The lowest BCUT2D eigenvalue weighted by atomic mass is 10.0. The largest absolute Gasteiger partial charge is 0.490 e. The van der Waals surface area contributed by atoms with Crippen LogP contribution in [0.1, 0.15) is 23.6 Å². The number of hydrogen-bond acceptors (Lipinski definition) is 6. The van der Waals surface area contributed by atoms with Crippen LogP contribution in [0.4, 0.5) is 10.5 Å². The standard InChI is InChI=1S/C32H27IN2O5S/c1-3-39-27-16-21(15-26(33)30(27)40-19-29(36)34-24-13-11-20(2)12-14-24)17-28-31(37)35(32(38)41-28)18-23-9-6-8-22-7-4-5-10-25(22)23/h4-17H,3,18-19H2,1-2H3,(H,34,36)/b28-17+. The molecule has 3 amide bonds. The lowest BCUT2D eigenvalue weighted by Crippen LogP contribution is -2.27. The highest BCUT2D eigenvalue weighted by Crippen LogP contribution is 2.38. The molecule has 1 aliphatic heterocycles. The van der Waals surface area contributed by atoms with E-state index in [1.54, 1.807) is 12.1 Å². The Morgan fingerprint density at radius 1 is 1.00 bits per heavy atom. The first-order chi connectivity index (χ1) is 19.8. The number of fused-ring (bicyclic) bond motifs is 1. The maximum atomic E-state index is 13.3. The Hall–Kier alpha value is -3.83. The van der Waals surface area contributed by atoms with E-state index in [4.69, 9.17) is 9.47 Å². The van der Waals surface area contributed by atoms with Gasteiger partial charge in [-0.15, -0.1) is 0 Å². The first kappa shape index (κ1) is 28.7. The summed E-state index contributed by atoms with van der Waals surface area (Å²) in [6.45, 7) is 4.21. The van der Waals surface area contributed by atoms with E-state index in [1.165, 1.54) is 4.90 Å². The molecule has 208 valence electrons. The van der Waals surface area contributed by atoms with Gasteiger partial charge < -0.3 is 14.8 Å². The third-order valence-electron chi connectivity index (χ3n) is 6.39. The molecule has 4 aromatic rings. The molecule has 1 fully saturated rings. The number of aryl methyl sites for hydroxylation is 1. The first-order valence-corrected chi connectivity index (χ1v) is 14.9. The van der Waals surface area contributed by atoms with Gasteiger partial charge in [-0.2, -0.15) is 0 Å². The second-order valence-electron chi connectivity index (χ2n) is 9.37. The Morgan fingerprint density at radius 3 is 2.54 bits per heavy atom. The molecule has 0 aliphatic carbocycles. The lowest BCUT2D eigenvalue weighted by molar-refractivity contribution is -0.123. The number of halogens is 1. The number of carbonyl (C=O) groups excluding carboxylic acids is 3. The normalized spacial score (nSPS) is 14.1. The number of imide groups is 1. The molecule has 5 rings (SSSR count). The molecule has 0 unspecified atom stereocenters. The Balaban J connectivity index is 1.32. The van der Waals surface area contributed by atoms with E-state index in [2.05, 4.69) is 27.9 Å². The Morgan fingerprint density at radius 2 is 1.76 bits per heavy atom. The summed E-state index contributed by atoms with van der Waals surface area (Å²) >= 11 is 3.03. The van der Waals surface area contributed by atoms with Crippen LogP contribution in [0.3, 0.4) is 0 Å². The highest BCUT2D eigenvalue weighted by molar-refractivity contribution is 14.1. The zero-order valence-corrected chi connectivity index (χ0v) is 25.5. The topological polar surface area (TPSA) is 84.9 Å². The fourth-order valence-corrected chi connectivity index (χ4v) is 6.05. The third-order valence-corrected chi connectivity index (χ3v) is 8.10. The summed E-state index contributed by atoms with van der Waals surface area (Å²) in [6, 6.07) is 24.9. The maximum absolute atomic E-state index is 13.3. The van der Waals surface area contributed by atoms with Gasteiger partial charge in [0.05, 0.1) is 21.6 Å². The van der Waals surface area contributed by atoms with E-state index in [-0.39, 0.29) is 30.2 Å². The second-order valence-corrected chi connectivity index (χ2v) is 11.5. The van der Waals surface area contributed by atoms with Crippen molar-refractivity contribution in [2.45, 2.75) is 20.4 Å². The van der Waals surface area contributed by atoms with Crippen molar-refractivity contribution < 1.29 is 23.9 Å². The molecule has 7 nitrogen and oxygen atoms in total. The number of nitrogens with zero attached hydrogens (tertiary/aromatic N) is 1. The van der Waals surface area contributed by atoms with E-state index < -0.39 is 0 Å². The average molecular weight is 679 g/mol. The highest BCUT2D eigenvalue weighted by atomic mass is 127. The van der Waals surface area contributed by atoms with E-state index in [0.29, 0.717) is 37.8 Å². The maximum Gasteiger partial charge on any atom is 0.293 e. The van der Waals surface area contributed by atoms with Gasteiger partial charge in [0, 0.05) is 5.69 Å². The van der Waals surface area contributed by atoms with Gasteiger partial charge in [-0.25, -0.2) is 0 Å². The number of benzene rings is 4. The van der Waals surface area contributed by atoms with Crippen molar-refractivity contribution >= 4 is 73.9 Å². The molecular weight excluding hydrogens is 651 g/mol. The van der Waals surface area contributed by atoms with Gasteiger partial charge >= 0.3 is 0 Å². The van der Waals surface area contributed by atoms with E-state index in [0.717, 1.165) is 33.7 Å². The van der Waals surface area contributed by atoms with Crippen molar-refractivity contribution in [3.8, 4) is 11.5 Å². The Bertz CT molecular complexity index is 1660. The fourth-order valence-electron chi connectivity index (χ4n) is 4.43. The number of thioether (sulfide) groups is 1. The van der Waals surface area contributed by atoms with Gasteiger partial charge in [-0.1, -0.05) is 60.2 Å². The summed E-state index contributed by atoms with van der Waals surface area (Å²) in [4.78, 5) is 40.2. The molecule has 0 bridgehead atoms. The molecule has 0 aromatic heterocycles. The van der Waals surface area contributed by atoms with Crippen LogP contribution in [0.2, 0.25) is 0 Å². The van der Waals surface area contributed by atoms with E-state index >= 15 is 0 Å². The quantitative estimate of drug-likeness (QED) is 0.147. The number of carbonyl (C=O) groups is 3. The molecule has 0 saturated carbocycles. The van der Waals surface area contributed by atoms with Crippen molar-refractivity contribution in [1.29, 1.82) is 0 Å². The highest BCUT2D eigenvalue weighted by Gasteiger charge is 2.35. The number of hydrogen-bond donors (Lipinski definition) is 1. The SMILES string of the molecule is CCOc1cc(/C=C2/SC(=O)N(Cc3cccc4ccccc34)C2=O)cc(I)c1OCC(=O)Nc1ccc(C)cc1. The van der Waals surface area contributed by atoms with Crippen LogP contribution in [0, 0.1) is 10.5 Å². The molecule has 0 spiro atoms. The van der Waals surface area contributed by atoms with Gasteiger partial charge in [0.25, 0.3) is 17.1 Å². The molecule has 1 saturated heterocycles. The van der Waals surface area contributed by atoms with E-state index in [1.807, 2.05) is 86.6 Å². The van der Waals surface area contributed by atoms with Crippen LogP contribution in [0.15, 0.2) is 83.8 Å². The van der Waals surface area contributed by atoms with Crippen molar-refractivity contribution in [1.82, 2.24) is 4.90 Å². The van der Waals surface area contributed by atoms with Gasteiger partial charge in [0.1, 0.15) is 0 Å². The summed E-state index contributed by atoms with van der Waals surface area (Å²) < 4.78 is 12.4. The van der Waals surface area contributed by atoms with Gasteiger partial charge in [-0.05, 0) is 100 Å². The smallest absolute Gasteiger partial charge is 0.293 e. The van der Waals surface area contributed by atoms with Crippen LogP contribution in [-0.2, 0) is 16.1 Å². The predicted octanol–water partition coefficient (Wildman–Crippen LogP) is 7.41. The van der Waals surface area contributed by atoms with Crippen LogP contribution >= 0.6 is 34.4 Å². The van der Waals surface area contributed by atoms with Crippen molar-refractivity contribution in [3.63, 3.8) is 0 Å². The average Bonchev–Trinajstić information content (AvgIpc) is 3.21. The number of amides is 3. The molecular formula is C32H27IN2O5S. The summed E-state index contributed by atoms with van der Waals surface area (Å²) in [5.74, 6) is 0.251. The lowest BCUT2D eigenvalue weighted by Gasteiger charge is -2.15. The zero-order valence-electron chi connectivity index (χ0n) is 22.5. The minimum Gasteiger partial charge on any atom is -0.490 e. The number of rotatable bonds is 9. The zero-order chi connectivity index (χ0) is 28.9.